The molecule has 0 aromatic rings. The maximum atomic E-state index is 11.6. The Hall–Kier alpha value is 1.14. The van der Waals surface area contributed by atoms with Gasteiger partial charge in [-0.2, -0.15) is 0 Å². The van der Waals surface area contributed by atoms with Gasteiger partial charge in [0.15, 0.2) is 0 Å². The predicted molar refractivity (Wildman–Crippen MR) is 32.5 cm³/mol. The molecule has 0 aromatic carbocycles. The zero-order chi connectivity index (χ0) is 4.50. The zero-order valence-electron chi connectivity index (χ0n) is 2.63. The SMILES string of the molecule is CC(F)(Br)I. The smallest absolute Gasteiger partial charge is 0.212 e. The average molecular weight is 253 g/mol. The van der Waals surface area contributed by atoms with Crippen LogP contribution in [-0.2, 0) is 0 Å². The molecule has 0 rings (SSSR count). The van der Waals surface area contributed by atoms with E-state index in [9.17, 15) is 4.39 Å². The van der Waals surface area contributed by atoms with E-state index < -0.39 is 2.58 Å². The van der Waals surface area contributed by atoms with E-state index in [2.05, 4.69) is 15.9 Å². The molecule has 0 heterocycles. The number of halogens is 3. The topological polar surface area (TPSA) is 0 Å². The molecule has 0 fully saturated rings. The fourth-order valence-electron chi connectivity index (χ4n) is 0. The zero-order valence-corrected chi connectivity index (χ0v) is 6.38. The first-order chi connectivity index (χ1) is 2.00. The maximum Gasteiger partial charge on any atom is 0.212 e. The van der Waals surface area contributed by atoms with Crippen molar-refractivity contribution in [1.82, 2.24) is 0 Å². The minimum atomic E-state index is -1.22. The van der Waals surface area contributed by atoms with Gasteiger partial charge in [-0.1, -0.05) is 0 Å². The summed E-state index contributed by atoms with van der Waals surface area (Å²) in [5.41, 5.74) is 0. The highest BCUT2D eigenvalue weighted by atomic mass is 127. The van der Waals surface area contributed by atoms with Crippen molar-refractivity contribution in [3.8, 4) is 0 Å². The van der Waals surface area contributed by atoms with Crippen LogP contribution in [0.3, 0.4) is 0 Å². The molecule has 0 saturated carbocycles. The van der Waals surface area contributed by atoms with Crippen LogP contribution >= 0.6 is 38.5 Å². The van der Waals surface area contributed by atoms with Crippen molar-refractivity contribution in [2.24, 2.45) is 0 Å². The Morgan fingerprint density at radius 1 is 2.00 bits per heavy atom. The summed E-state index contributed by atoms with van der Waals surface area (Å²) in [6, 6.07) is 0. The molecule has 0 aliphatic rings. The van der Waals surface area contributed by atoms with Gasteiger partial charge in [0.05, 0.1) is 0 Å². The molecule has 0 N–H and O–H groups in total. The van der Waals surface area contributed by atoms with E-state index in [0.29, 0.717) is 0 Å². The predicted octanol–water partition coefficient (Wildman–Crippen LogP) is 2.46. The fraction of sp³-hybridized carbons (Fsp3) is 1.00. The highest BCUT2D eigenvalue weighted by Gasteiger charge is 2.08. The second-order valence-electron chi connectivity index (χ2n) is 0.781. The highest BCUT2D eigenvalue weighted by Crippen LogP contribution is 2.26. The molecule has 0 aliphatic carbocycles. The monoisotopic (exact) mass is 252 g/mol. The number of hydrogen-bond acceptors (Lipinski definition) is 0. The Kier molecular flexibility index (Phi) is 2.12. The van der Waals surface area contributed by atoms with Crippen LogP contribution in [0.2, 0.25) is 0 Å². The van der Waals surface area contributed by atoms with Gasteiger partial charge in [0.25, 0.3) is 0 Å². The Balaban J connectivity index is 3.02. The van der Waals surface area contributed by atoms with Gasteiger partial charge in [-0.15, -0.1) is 0 Å². The van der Waals surface area contributed by atoms with Gasteiger partial charge in [0.2, 0.25) is 2.58 Å². The first-order valence-electron chi connectivity index (χ1n) is 1.07. The van der Waals surface area contributed by atoms with Crippen LogP contribution in [0.15, 0.2) is 0 Å². The Labute approximate surface area is 52.4 Å². The van der Waals surface area contributed by atoms with E-state index in [1.54, 1.807) is 22.6 Å². The quantitative estimate of drug-likeness (QED) is 0.459. The van der Waals surface area contributed by atoms with Crippen LogP contribution in [0, 0.1) is 0 Å². The first kappa shape index (κ1) is 6.14. The maximum absolute atomic E-state index is 11.6. The summed E-state index contributed by atoms with van der Waals surface area (Å²) in [7, 11) is 0. The normalized spacial score (nSPS) is 21.6. The fourth-order valence-corrected chi connectivity index (χ4v) is 0. The van der Waals surface area contributed by atoms with E-state index in [1.807, 2.05) is 0 Å². The highest BCUT2D eigenvalue weighted by molar-refractivity contribution is 14.1. The lowest BCUT2D eigenvalue weighted by atomic mass is 10.9. The van der Waals surface area contributed by atoms with E-state index >= 15 is 0 Å². The molecular formula is C2H3BrFI. The number of hydrogen-bond donors (Lipinski definition) is 0. The van der Waals surface area contributed by atoms with Crippen LogP contribution in [0.5, 0.6) is 0 Å². The minimum Gasteiger partial charge on any atom is -0.220 e. The summed E-state index contributed by atoms with van der Waals surface area (Å²) >= 11 is 4.32. The number of alkyl halides is 3. The Bertz CT molecular complexity index is 25.1. The molecule has 32 valence electrons. The standard InChI is InChI=1S/C2H3BrFI/c1-2(3,4)5/h1H3. The van der Waals surface area contributed by atoms with Crippen LogP contribution < -0.4 is 0 Å². The van der Waals surface area contributed by atoms with E-state index in [-0.39, 0.29) is 0 Å². The summed E-state index contributed by atoms with van der Waals surface area (Å²) in [6.45, 7) is 1.42. The van der Waals surface area contributed by atoms with Crippen LogP contribution in [0.1, 0.15) is 6.92 Å². The van der Waals surface area contributed by atoms with Crippen LogP contribution in [0.25, 0.3) is 0 Å². The Morgan fingerprint density at radius 3 is 2.00 bits per heavy atom. The van der Waals surface area contributed by atoms with Crippen molar-refractivity contribution in [3.05, 3.63) is 0 Å². The van der Waals surface area contributed by atoms with Crippen LogP contribution in [-0.4, -0.2) is 2.58 Å². The molecular weight excluding hydrogens is 250 g/mol. The molecule has 1 atom stereocenters. The molecule has 5 heavy (non-hydrogen) atoms. The minimum absolute atomic E-state index is 1.22. The van der Waals surface area contributed by atoms with E-state index in [1.165, 1.54) is 6.92 Å². The summed E-state index contributed by atoms with van der Waals surface area (Å²) in [5, 5.41) is 0. The van der Waals surface area contributed by atoms with Gasteiger partial charge >= 0.3 is 0 Å². The van der Waals surface area contributed by atoms with Gasteiger partial charge in [-0.05, 0) is 45.4 Å². The summed E-state index contributed by atoms with van der Waals surface area (Å²) in [5.74, 6) is 0. The van der Waals surface area contributed by atoms with E-state index in [4.69, 9.17) is 0 Å². The Morgan fingerprint density at radius 2 is 2.00 bits per heavy atom. The molecule has 0 amide bonds. The summed E-state index contributed by atoms with van der Waals surface area (Å²) < 4.78 is 10.4. The van der Waals surface area contributed by atoms with Crippen molar-refractivity contribution in [1.29, 1.82) is 0 Å². The summed E-state index contributed by atoms with van der Waals surface area (Å²) in [4.78, 5) is 0. The second-order valence-corrected chi connectivity index (χ2v) is 5.78. The molecule has 0 aromatic heterocycles. The van der Waals surface area contributed by atoms with Gasteiger partial charge in [-0.25, -0.2) is 4.39 Å². The molecule has 0 saturated heterocycles. The molecule has 3 heteroatoms. The second kappa shape index (κ2) is 1.73. The lowest BCUT2D eigenvalue weighted by Crippen LogP contribution is -1.87. The van der Waals surface area contributed by atoms with Gasteiger partial charge in [-0.3, -0.25) is 0 Å². The third-order valence-electron chi connectivity index (χ3n) is 0. The van der Waals surface area contributed by atoms with Gasteiger partial charge < -0.3 is 0 Å². The molecule has 0 bridgehead atoms. The third-order valence-corrected chi connectivity index (χ3v) is 0. The molecule has 0 spiro atoms. The molecule has 0 radical (unpaired) electrons. The third kappa shape index (κ3) is 39.0. The van der Waals surface area contributed by atoms with Crippen molar-refractivity contribution < 1.29 is 4.39 Å². The molecule has 0 nitrogen and oxygen atoms in total. The van der Waals surface area contributed by atoms with E-state index in [0.717, 1.165) is 0 Å². The summed E-state index contributed by atoms with van der Waals surface area (Å²) in [6.07, 6.45) is 0. The van der Waals surface area contributed by atoms with Crippen LogP contribution in [0.4, 0.5) is 4.39 Å². The average Bonchev–Trinajstić information content (AvgIpc) is 0.722. The first-order valence-corrected chi connectivity index (χ1v) is 2.94. The lowest BCUT2D eigenvalue weighted by Gasteiger charge is -1.94. The number of rotatable bonds is 0. The van der Waals surface area contributed by atoms with Crippen molar-refractivity contribution in [2.75, 3.05) is 0 Å². The largest absolute Gasteiger partial charge is 0.220 e. The van der Waals surface area contributed by atoms with Gasteiger partial charge in [0, 0.05) is 0 Å². The molecule has 1 unspecified atom stereocenters. The van der Waals surface area contributed by atoms with Crippen molar-refractivity contribution in [2.45, 2.75) is 9.51 Å². The lowest BCUT2D eigenvalue weighted by molar-refractivity contribution is 0.473. The van der Waals surface area contributed by atoms with Crippen molar-refractivity contribution >= 4 is 38.5 Å². The van der Waals surface area contributed by atoms with Crippen molar-refractivity contribution in [3.63, 3.8) is 0 Å². The molecule has 0 aliphatic heterocycles. The van der Waals surface area contributed by atoms with Gasteiger partial charge in [0.1, 0.15) is 0 Å².